The van der Waals surface area contributed by atoms with Crippen LogP contribution in [0.4, 0.5) is 0 Å². The molecule has 0 bridgehead atoms. The zero-order valence-corrected chi connectivity index (χ0v) is 14.6. The van der Waals surface area contributed by atoms with Gasteiger partial charge in [0.2, 0.25) is 0 Å². The lowest BCUT2D eigenvalue weighted by molar-refractivity contribution is 0.414. The van der Waals surface area contributed by atoms with E-state index >= 15 is 0 Å². The quantitative estimate of drug-likeness (QED) is 0.575. The summed E-state index contributed by atoms with van der Waals surface area (Å²) in [6, 6.07) is 9.77. The summed E-state index contributed by atoms with van der Waals surface area (Å²) in [5.41, 5.74) is 1.93. The number of nitrogens with zero attached hydrogens (tertiary/aromatic N) is 4. The minimum atomic E-state index is 0.712. The van der Waals surface area contributed by atoms with Crippen LogP contribution in [0.2, 0.25) is 0 Å². The molecule has 126 valence electrons. The van der Waals surface area contributed by atoms with Gasteiger partial charge in [0.25, 0.3) is 0 Å². The number of ether oxygens (including phenoxy) is 1. The van der Waals surface area contributed by atoms with Crippen molar-refractivity contribution in [1.82, 2.24) is 19.9 Å². The van der Waals surface area contributed by atoms with Crippen LogP contribution in [0.5, 0.6) is 5.75 Å². The largest absolute Gasteiger partial charge is 0.497 e. The van der Waals surface area contributed by atoms with E-state index in [2.05, 4.69) is 26.8 Å². The fourth-order valence-corrected chi connectivity index (χ4v) is 3.18. The average Bonchev–Trinajstić information content (AvgIpc) is 3.27. The van der Waals surface area contributed by atoms with Crippen LogP contribution < -0.4 is 4.74 Å². The summed E-state index contributed by atoms with van der Waals surface area (Å²) >= 11 is 1.62. The van der Waals surface area contributed by atoms with Gasteiger partial charge in [0.1, 0.15) is 12.0 Å². The molecule has 2 heterocycles. The SMILES string of the molecule is CCCCn1c(SCc2ccon2)nnc1-c1ccc(OC)cc1. The Morgan fingerprint density at radius 1 is 1.17 bits per heavy atom. The Bertz CT molecular complexity index is 754. The van der Waals surface area contributed by atoms with Gasteiger partial charge in [-0.2, -0.15) is 0 Å². The molecule has 2 aromatic heterocycles. The molecule has 0 saturated carbocycles. The summed E-state index contributed by atoms with van der Waals surface area (Å²) in [5.74, 6) is 2.43. The van der Waals surface area contributed by atoms with Crippen LogP contribution in [-0.4, -0.2) is 27.0 Å². The lowest BCUT2D eigenvalue weighted by Gasteiger charge is -2.09. The highest BCUT2D eigenvalue weighted by atomic mass is 32.2. The van der Waals surface area contributed by atoms with Gasteiger partial charge < -0.3 is 13.8 Å². The molecule has 24 heavy (non-hydrogen) atoms. The maximum Gasteiger partial charge on any atom is 0.191 e. The van der Waals surface area contributed by atoms with E-state index in [1.165, 1.54) is 0 Å². The van der Waals surface area contributed by atoms with Crippen molar-refractivity contribution < 1.29 is 9.26 Å². The first kappa shape index (κ1) is 16.6. The predicted octanol–water partition coefficient (Wildman–Crippen LogP) is 4.03. The van der Waals surface area contributed by atoms with E-state index in [1.807, 2.05) is 30.3 Å². The highest BCUT2D eigenvalue weighted by Gasteiger charge is 2.14. The van der Waals surface area contributed by atoms with Gasteiger partial charge in [0, 0.05) is 23.9 Å². The van der Waals surface area contributed by atoms with E-state index in [-0.39, 0.29) is 0 Å². The molecule has 0 aliphatic heterocycles. The molecule has 0 fully saturated rings. The van der Waals surface area contributed by atoms with Gasteiger partial charge >= 0.3 is 0 Å². The van der Waals surface area contributed by atoms with Crippen molar-refractivity contribution in [2.24, 2.45) is 0 Å². The zero-order valence-electron chi connectivity index (χ0n) is 13.8. The molecule has 0 atom stereocenters. The molecule has 0 spiro atoms. The summed E-state index contributed by atoms with van der Waals surface area (Å²) in [4.78, 5) is 0. The molecule has 6 nitrogen and oxygen atoms in total. The Balaban J connectivity index is 1.84. The Hall–Kier alpha value is -2.28. The summed E-state index contributed by atoms with van der Waals surface area (Å²) in [7, 11) is 1.66. The lowest BCUT2D eigenvalue weighted by atomic mass is 10.2. The van der Waals surface area contributed by atoms with E-state index in [0.717, 1.165) is 47.4 Å². The van der Waals surface area contributed by atoms with Crippen LogP contribution >= 0.6 is 11.8 Å². The number of rotatable bonds is 8. The van der Waals surface area contributed by atoms with Crippen molar-refractivity contribution in [1.29, 1.82) is 0 Å². The predicted molar refractivity (Wildman–Crippen MR) is 93.0 cm³/mol. The van der Waals surface area contributed by atoms with Crippen molar-refractivity contribution in [2.45, 2.75) is 37.2 Å². The molecule has 1 aromatic carbocycles. The fraction of sp³-hybridized carbons (Fsp3) is 0.353. The summed E-state index contributed by atoms with van der Waals surface area (Å²) < 4.78 is 12.3. The maximum atomic E-state index is 5.22. The van der Waals surface area contributed by atoms with E-state index in [1.54, 1.807) is 25.1 Å². The summed E-state index contributed by atoms with van der Waals surface area (Å²) in [6.07, 6.45) is 3.78. The molecule has 0 N–H and O–H groups in total. The number of methoxy groups -OCH3 is 1. The third kappa shape index (κ3) is 3.79. The van der Waals surface area contributed by atoms with Gasteiger partial charge in [-0.3, -0.25) is 0 Å². The molecule has 0 unspecified atom stereocenters. The van der Waals surface area contributed by atoms with Crippen LogP contribution in [0, 0.1) is 0 Å². The second-order valence-corrected chi connectivity index (χ2v) is 6.26. The molecule has 0 amide bonds. The smallest absolute Gasteiger partial charge is 0.191 e. The summed E-state index contributed by atoms with van der Waals surface area (Å²) in [5, 5.41) is 13.6. The first-order valence-electron chi connectivity index (χ1n) is 7.91. The highest BCUT2D eigenvalue weighted by molar-refractivity contribution is 7.98. The molecular weight excluding hydrogens is 324 g/mol. The lowest BCUT2D eigenvalue weighted by Crippen LogP contribution is -2.02. The third-order valence-corrected chi connectivity index (χ3v) is 4.64. The normalized spacial score (nSPS) is 10.9. The number of unbranched alkanes of at least 4 members (excludes halogenated alkanes) is 1. The number of benzene rings is 1. The van der Waals surface area contributed by atoms with E-state index in [9.17, 15) is 0 Å². The minimum Gasteiger partial charge on any atom is -0.497 e. The van der Waals surface area contributed by atoms with Crippen LogP contribution in [0.15, 0.2) is 46.3 Å². The van der Waals surface area contributed by atoms with E-state index < -0.39 is 0 Å². The van der Waals surface area contributed by atoms with Crippen LogP contribution in [0.1, 0.15) is 25.5 Å². The van der Waals surface area contributed by atoms with Gasteiger partial charge in [-0.25, -0.2) is 0 Å². The molecule has 7 heteroatoms. The highest BCUT2D eigenvalue weighted by Crippen LogP contribution is 2.27. The fourth-order valence-electron chi connectivity index (χ4n) is 2.32. The number of aromatic nitrogens is 4. The van der Waals surface area contributed by atoms with Crippen LogP contribution in [0.25, 0.3) is 11.4 Å². The van der Waals surface area contributed by atoms with Gasteiger partial charge in [0.15, 0.2) is 11.0 Å². The molecular formula is C17H20N4O2S. The average molecular weight is 344 g/mol. The Morgan fingerprint density at radius 2 is 2.00 bits per heavy atom. The Kier molecular flexibility index (Phi) is 5.53. The first-order chi connectivity index (χ1) is 11.8. The second kappa shape index (κ2) is 8.01. The topological polar surface area (TPSA) is 66.0 Å². The molecule has 3 rings (SSSR count). The van der Waals surface area contributed by atoms with Gasteiger partial charge in [-0.05, 0) is 30.7 Å². The standard InChI is InChI=1S/C17H20N4O2S/c1-3-4-10-21-16(13-5-7-15(22-2)8-6-13)18-19-17(21)24-12-14-9-11-23-20-14/h5-9,11H,3-4,10,12H2,1-2H3. The Labute approximate surface area is 145 Å². The van der Waals surface area contributed by atoms with E-state index in [4.69, 9.17) is 9.26 Å². The van der Waals surface area contributed by atoms with Crippen molar-refractivity contribution >= 4 is 11.8 Å². The van der Waals surface area contributed by atoms with Gasteiger partial charge in [-0.1, -0.05) is 30.3 Å². The van der Waals surface area contributed by atoms with E-state index in [0.29, 0.717) is 5.75 Å². The molecule has 0 saturated heterocycles. The van der Waals surface area contributed by atoms with Crippen molar-refractivity contribution in [3.63, 3.8) is 0 Å². The number of thioether (sulfide) groups is 1. The summed E-state index contributed by atoms with van der Waals surface area (Å²) in [6.45, 7) is 3.08. The van der Waals surface area contributed by atoms with Crippen LogP contribution in [-0.2, 0) is 12.3 Å². The Morgan fingerprint density at radius 3 is 2.67 bits per heavy atom. The zero-order chi connectivity index (χ0) is 16.8. The third-order valence-electron chi connectivity index (χ3n) is 3.64. The first-order valence-corrected chi connectivity index (χ1v) is 8.90. The van der Waals surface area contributed by atoms with Gasteiger partial charge in [0.05, 0.1) is 12.8 Å². The molecule has 0 radical (unpaired) electrons. The molecule has 0 aliphatic carbocycles. The second-order valence-electron chi connectivity index (χ2n) is 5.32. The molecule has 0 aliphatic rings. The van der Waals surface area contributed by atoms with Gasteiger partial charge in [-0.15, -0.1) is 10.2 Å². The number of hydrogen-bond acceptors (Lipinski definition) is 6. The molecule has 3 aromatic rings. The number of hydrogen-bond donors (Lipinski definition) is 0. The maximum absolute atomic E-state index is 5.22. The minimum absolute atomic E-state index is 0.712. The van der Waals surface area contributed by atoms with Crippen molar-refractivity contribution in [2.75, 3.05) is 7.11 Å². The van der Waals surface area contributed by atoms with Crippen molar-refractivity contribution in [3.05, 3.63) is 42.3 Å². The van der Waals surface area contributed by atoms with Crippen molar-refractivity contribution in [3.8, 4) is 17.1 Å². The van der Waals surface area contributed by atoms with Crippen LogP contribution in [0.3, 0.4) is 0 Å². The monoisotopic (exact) mass is 344 g/mol.